The zero-order valence-electron chi connectivity index (χ0n) is 10.7. The van der Waals surface area contributed by atoms with Crippen molar-refractivity contribution >= 4 is 26.9 Å². The van der Waals surface area contributed by atoms with Crippen LogP contribution < -0.4 is 5.32 Å². The van der Waals surface area contributed by atoms with Crippen molar-refractivity contribution in [1.29, 1.82) is 0 Å². The molecule has 1 aromatic carbocycles. The molecule has 1 atom stereocenters. The van der Waals surface area contributed by atoms with E-state index in [1.807, 2.05) is 44.6 Å². The smallest absolute Gasteiger partial charge is 0.148 e. The van der Waals surface area contributed by atoms with Crippen LogP contribution in [0.3, 0.4) is 0 Å². The standard InChI is InChI=1S/C14H14BrN3O/c1-16-13(11-6-7-18(2)17-11)12-8-9-4-3-5-10(15)14(9)19-12/h3-8,13,16H,1-2H3. The largest absolute Gasteiger partial charge is 0.458 e. The summed E-state index contributed by atoms with van der Waals surface area (Å²) in [6, 6.07) is 10.0. The van der Waals surface area contributed by atoms with Gasteiger partial charge in [0.15, 0.2) is 0 Å². The van der Waals surface area contributed by atoms with Crippen molar-refractivity contribution in [3.63, 3.8) is 0 Å². The van der Waals surface area contributed by atoms with Gasteiger partial charge in [0.25, 0.3) is 0 Å². The summed E-state index contributed by atoms with van der Waals surface area (Å²) in [4.78, 5) is 0. The van der Waals surface area contributed by atoms with Gasteiger partial charge in [0.05, 0.1) is 10.2 Å². The number of aromatic nitrogens is 2. The number of halogens is 1. The number of hydrogen-bond acceptors (Lipinski definition) is 3. The molecule has 2 aromatic heterocycles. The Morgan fingerprint density at radius 1 is 1.37 bits per heavy atom. The van der Waals surface area contributed by atoms with Gasteiger partial charge in [0, 0.05) is 18.6 Å². The average molecular weight is 320 g/mol. The molecule has 3 aromatic rings. The lowest BCUT2D eigenvalue weighted by Gasteiger charge is -2.10. The SMILES string of the molecule is CNC(c1ccn(C)n1)c1cc2cccc(Br)c2o1. The van der Waals surface area contributed by atoms with Gasteiger partial charge in [-0.2, -0.15) is 5.10 Å². The maximum Gasteiger partial charge on any atom is 0.148 e. The third-order valence-corrected chi connectivity index (χ3v) is 3.74. The van der Waals surface area contributed by atoms with Crippen LogP contribution in [0.15, 0.2) is 45.4 Å². The number of nitrogens with zero attached hydrogens (tertiary/aromatic N) is 2. The van der Waals surface area contributed by atoms with E-state index in [0.717, 1.165) is 26.9 Å². The first kappa shape index (κ1) is 12.4. The molecule has 0 bridgehead atoms. The Kier molecular flexibility index (Phi) is 3.16. The summed E-state index contributed by atoms with van der Waals surface area (Å²) in [6.07, 6.45) is 1.93. The second-order valence-corrected chi connectivity index (χ2v) is 5.30. The minimum Gasteiger partial charge on any atom is -0.458 e. The van der Waals surface area contributed by atoms with Crippen LogP contribution in [0.25, 0.3) is 11.0 Å². The Labute approximate surface area is 119 Å². The van der Waals surface area contributed by atoms with Crippen molar-refractivity contribution in [1.82, 2.24) is 15.1 Å². The zero-order valence-corrected chi connectivity index (χ0v) is 12.3. The lowest BCUT2D eigenvalue weighted by molar-refractivity contribution is 0.482. The summed E-state index contributed by atoms with van der Waals surface area (Å²) in [6.45, 7) is 0. The fourth-order valence-corrected chi connectivity index (χ4v) is 2.68. The second kappa shape index (κ2) is 4.83. The quantitative estimate of drug-likeness (QED) is 0.806. The molecule has 0 aliphatic carbocycles. The fourth-order valence-electron chi connectivity index (χ4n) is 2.21. The third-order valence-electron chi connectivity index (χ3n) is 3.12. The van der Waals surface area contributed by atoms with E-state index in [-0.39, 0.29) is 6.04 Å². The van der Waals surface area contributed by atoms with Crippen LogP contribution in [0.1, 0.15) is 17.5 Å². The summed E-state index contributed by atoms with van der Waals surface area (Å²) >= 11 is 3.51. The highest BCUT2D eigenvalue weighted by molar-refractivity contribution is 9.10. The minimum atomic E-state index is -0.0412. The molecule has 0 aliphatic heterocycles. The van der Waals surface area contributed by atoms with Gasteiger partial charge in [-0.3, -0.25) is 4.68 Å². The van der Waals surface area contributed by atoms with Crippen molar-refractivity contribution in [3.8, 4) is 0 Å². The Balaban J connectivity index is 2.09. The number of benzene rings is 1. The maximum atomic E-state index is 5.96. The summed E-state index contributed by atoms with van der Waals surface area (Å²) in [5.41, 5.74) is 1.81. The zero-order chi connectivity index (χ0) is 13.4. The number of furan rings is 1. The van der Waals surface area contributed by atoms with E-state index in [0.29, 0.717) is 0 Å². The predicted molar refractivity (Wildman–Crippen MR) is 78.0 cm³/mol. The van der Waals surface area contributed by atoms with Gasteiger partial charge in [-0.1, -0.05) is 12.1 Å². The lowest BCUT2D eigenvalue weighted by Crippen LogP contribution is -2.17. The summed E-state index contributed by atoms with van der Waals surface area (Å²) in [7, 11) is 3.81. The summed E-state index contributed by atoms with van der Waals surface area (Å²) in [5.74, 6) is 0.864. The molecule has 0 saturated heterocycles. The molecule has 5 heteroatoms. The van der Waals surface area contributed by atoms with E-state index in [4.69, 9.17) is 4.42 Å². The monoisotopic (exact) mass is 319 g/mol. The first-order valence-corrected chi connectivity index (χ1v) is 6.83. The van der Waals surface area contributed by atoms with Crippen molar-refractivity contribution in [2.75, 3.05) is 7.05 Å². The van der Waals surface area contributed by atoms with Crippen LogP contribution in [-0.4, -0.2) is 16.8 Å². The Morgan fingerprint density at radius 3 is 2.84 bits per heavy atom. The van der Waals surface area contributed by atoms with Crippen molar-refractivity contribution in [2.24, 2.45) is 7.05 Å². The number of rotatable bonds is 3. The van der Waals surface area contributed by atoms with E-state index in [1.54, 1.807) is 4.68 Å². The normalized spacial score (nSPS) is 13.0. The molecule has 98 valence electrons. The van der Waals surface area contributed by atoms with Gasteiger partial charge in [-0.15, -0.1) is 0 Å². The van der Waals surface area contributed by atoms with E-state index in [2.05, 4.69) is 32.4 Å². The minimum absolute atomic E-state index is 0.0412. The molecule has 0 spiro atoms. The predicted octanol–water partition coefficient (Wildman–Crippen LogP) is 3.24. The molecule has 1 N–H and O–H groups in total. The van der Waals surface area contributed by atoms with Gasteiger partial charge >= 0.3 is 0 Å². The molecular weight excluding hydrogens is 306 g/mol. The van der Waals surface area contributed by atoms with Crippen LogP contribution in [0.4, 0.5) is 0 Å². The Morgan fingerprint density at radius 2 is 2.21 bits per heavy atom. The summed E-state index contributed by atoms with van der Waals surface area (Å²) in [5, 5.41) is 8.76. The number of fused-ring (bicyclic) bond motifs is 1. The highest BCUT2D eigenvalue weighted by Crippen LogP contribution is 2.31. The molecule has 0 fully saturated rings. The van der Waals surface area contributed by atoms with Crippen LogP contribution in [-0.2, 0) is 7.05 Å². The first-order valence-electron chi connectivity index (χ1n) is 6.04. The highest BCUT2D eigenvalue weighted by Gasteiger charge is 2.19. The third kappa shape index (κ3) is 2.19. The van der Waals surface area contributed by atoms with E-state index in [9.17, 15) is 0 Å². The molecule has 0 radical (unpaired) electrons. The van der Waals surface area contributed by atoms with Gasteiger partial charge in [0.1, 0.15) is 17.4 Å². The Hall–Kier alpha value is -1.59. The second-order valence-electron chi connectivity index (χ2n) is 4.44. The van der Waals surface area contributed by atoms with Gasteiger partial charge in [-0.25, -0.2) is 0 Å². The molecule has 1 unspecified atom stereocenters. The number of nitrogens with one attached hydrogen (secondary N) is 1. The van der Waals surface area contributed by atoms with Gasteiger partial charge in [-0.05, 0) is 41.2 Å². The number of aryl methyl sites for hydroxylation is 1. The molecule has 0 aliphatic rings. The molecule has 4 nitrogen and oxygen atoms in total. The Bertz CT molecular complexity index is 716. The van der Waals surface area contributed by atoms with Crippen LogP contribution in [0, 0.1) is 0 Å². The molecule has 3 rings (SSSR count). The maximum absolute atomic E-state index is 5.96. The molecule has 19 heavy (non-hydrogen) atoms. The summed E-state index contributed by atoms with van der Waals surface area (Å²) < 4.78 is 8.71. The number of hydrogen-bond donors (Lipinski definition) is 1. The average Bonchev–Trinajstić information content (AvgIpc) is 2.98. The van der Waals surface area contributed by atoms with Gasteiger partial charge < -0.3 is 9.73 Å². The first-order chi connectivity index (χ1) is 9.19. The fraction of sp³-hybridized carbons (Fsp3) is 0.214. The molecular formula is C14H14BrN3O. The van der Waals surface area contributed by atoms with Crippen LogP contribution in [0.5, 0.6) is 0 Å². The van der Waals surface area contributed by atoms with E-state index >= 15 is 0 Å². The highest BCUT2D eigenvalue weighted by atomic mass is 79.9. The van der Waals surface area contributed by atoms with Crippen molar-refractivity contribution < 1.29 is 4.42 Å². The number of para-hydroxylation sites is 1. The molecule has 0 amide bonds. The van der Waals surface area contributed by atoms with E-state index in [1.165, 1.54) is 0 Å². The van der Waals surface area contributed by atoms with Crippen molar-refractivity contribution in [3.05, 3.63) is 52.5 Å². The van der Waals surface area contributed by atoms with Crippen LogP contribution >= 0.6 is 15.9 Å². The van der Waals surface area contributed by atoms with Crippen LogP contribution in [0.2, 0.25) is 0 Å². The molecule has 2 heterocycles. The van der Waals surface area contributed by atoms with Crippen molar-refractivity contribution in [2.45, 2.75) is 6.04 Å². The topological polar surface area (TPSA) is 43.0 Å². The van der Waals surface area contributed by atoms with E-state index < -0.39 is 0 Å². The molecule has 0 saturated carbocycles. The lowest BCUT2D eigenvalue weighted by atomic mass is 10.1. The van der Waals surface area contributed by atoms with Gasteiger partial charge in [0.2, 0.25) is 0 Å².